The first-order valence-corrected chi connectivity index (χ1v) is 9.77. The number of thioether (sulfide) groups is 1. The number of aliphatic carboxylic acids is 1. The molecule has 0 atom stereocenters. The molecule has 0 unspecified atom stereocenters. The minimum Gasteiger partial charge on any atom is -0.481 e. The molecule has 0 fully saturated rings. The van der Waals surface area contributed by atoms with Crippen molar-refractivity contribution >= 4 is 46.3 Å². The smallest absolute Gasteiger partial charge is 0.303 e. The van der Waals surface area contributed by atoms with E-state index in [1.807, 2.05) is 6.08 Å². The lowest BCUT2D eigenvalue weighted by Gasteiger charge is -2.20. The molecule has 1 aliphatic heterocycles. The molecule has 0 aliphatic carbocycles. The number of non-ortho nitro benzene ring substituents is 1. The van der Waals surface area contributed by atoms with Crippen LogP contribution in [0.4, 0.5) is 11.4 Å². The van der Waals surface area contributed by atoms with E-state index in [4.69, 9.17) is 5.11 Å². The second kappa shape index (κ2) is 10.9. The lowest BCUT2D eigenvalue weighted by Crippen LogP contribution is -2.29. The fourth-order valence-electron chi connectivity index (χ4n) is 2.55. The highest BCUT2D eigenvalue weighted by atomic mass is 32.2. The summed E-state index contributed by atoms with van der Waals surface area (Å²) >= 11 is 0.723. The number of carboxylic acid groups (broad SMARTS) is 1. The molecule has 1 N–H and O–H groups in total. The molecular weight excluding hydrogens is 412 g/mol. The van der Waals surface area contributed by atoms with Crippen LogP contribution in [0.5, 0.6) is 0 Å². The topological polar surface area (TPSA) is 133 Å². The molecule has 1 aromatic carbocycles. The summed E-state index contributed by atoms with van der Waals surface area (Å²) in [7, 11) is 1.54. The summed E-state index contributed by atoms with van der Waals surface area (Å²) in [6.45, 7) is 0.239. The molecular formula is C19H20N4O6S. The van der Waals surface area contributed by atoms with Gasteiger partial charge in [0.2, 0.25) is 0 Å². The standard InChI is InChI=1S/C19H20N4O6S/c1-21(10-3-5-18(25)26)19(27)17(30-13-24)12-14-4-2-11-22(20-14)15-6-8-16(9-7-15)23(28)29/h2,6-9,11-13H,3-5,10H2,1H3,(H,25,26)/b17-12-. The van der Waals surface area contributed by atoms with E-state index in [2.05, 4.69) is 5.10 Å². The quantitative estimate of drug-likeness (QED) is 0.258. The third-order valence-electron chi connectivity index (χ3n) is 4.05. The summed E-state index contributed by atoms with van der Waals surface area (Å²) < 4.78 is 0. The molecule has 0 bridgehead atoms. The van der Waals surface area contributed by atoms with Gasteiger partial charge in [-0.15, -0.1) is 0 Å². The van der Waals surface area contributed by atoms with Gasteiger partial charge in [0, 0.05) is 44.8 Å². The first-order valence-electron chi connectivity index (χ1n) is 8.89. The number of carbonyl (C=O) groups excluding carboxylic acids is 2. The Hall–Kier alpha value is -3.47. The Labute approximate surface area is 176 Å². The number of carboxylic acids is 1. The summed E-state index contributed by atoms with van der Waals surface area (Å²) in [6, 6.07) is 5.85. The molecule has 0 radical (unpaired) electrons. The van der Waals surface area contributed by atoms with Gasteiger partial charge < -0.3 is 10.0 Å². The number of nitrogens with zero attached hydrogens (tertiary/aromatic N) is 4. The van der Waals surface area contributed by atoms with Crippen LogP contribution >= 0.6 is 11.8 Å². The van der Waals surface area contributed by atoms with Crippen molar-refractivity contribution in [3.05, 3.63) is 57.6 Å². The van der Waals surface area contributed by atoms with Crippen molar-refractivity contribution in [1.29, 1.82) is 0 Å². The van der Waals surface area contributed by atoms with Gasteiger partial charge in [-0.05, 0) is 36.4 Å². The largest absolute Gasteiger partial charge is 0.481 e. The number of amides is 1. The van der Waals surface area contributed by atoms with E-state index in [0.717, 1.165) is 11.8 Å². The van der Waals surface area contributed by atoms with Crippen molar-refractivity contribution in [2.24, 2.45) is 5.10 Å². The monoisotopic (exact) mass is 432 g/mol. The lowest BCUT2D eigenvalue weighted by molar-refractivity contribution is -0.384. The first-order chi connectivity index (χ1) is 14.3. The fraction of sp³-hybridized carbons (Fsp3) is 0.263. The van der Waals surface area contributed by atoms with Crippen molar-refractivity contribution < 1.29 is 24.4 Å². The molecule has 2 rings (SSSR count). The lowest BCUT2D eigenvalue weighted by atomic mass is 10.2. The maximum Gasteiger partial charge on any atom is 0.303 e. The van der Waals surface area contributed by atoms with Gasteiger partial charge >= 0.3 is 5.97 Å². The fourth-order valence-corrected chi connectivity index (χ4v) is 3.12. The van der Waals surface area contributed by atoms with Crippen LogP contribution in [0.3, 0.4) is 0 Å². The maximum absolute atomic E-state index is 12.6. The van der Waals surface area contributed by atoms with Crippen LogP contribution in [0.1, 0.15) is 19.3 Å². The van der Waals surface area contributed by atoms with E-state index >= 15 is 0 Å². The van der Waals surface area contributed by atoms with Gasteiger partial charge in [-0.1, -0.05) is 6.08 Å². The highest BCUT2D eigenvalue weighted by Crippen LogP contribution is 2.23. The van der Waals surface area contributed by atoms with Crippen molar-refractivity contribution in [3.63, 3.8) is 0 Å². The second-order valence-electron chi connectivity index (χ2n) is 6.24. The van der Waals surface area contributed by atoms with Crippen LogP contribution in [0.2, 0.25) is 0 Å². The number of nitro groups is 1. The van der Waals surface area contributed by atoms with Crippen LogP contribution < -0.4 is 5.01 Å². The minimum absolute atomic E-state index is 0.0370. The highest BCUT2D eigenvalue weighted by Gasteiger charge is 2.18. The normalized spacial score (nSPS) is 13.6. The van der Waals surface area contributed by atoms with Gasteiger partial charge in [0.25, 0.3) is 11.6 Å². The number of likely N-dealkylation sites (N-methyl/N-ethyl adjacent to an activating group) is 1. The van der Waals surface area contributed by atoms with Crippen LogP contribution in [-0.4, -0.2) is 51.7 Å². The van der Waals surface area contributed by atoms with E-state index < -0.39 is 16.8 Å². The van der Waals surface area contributed by atoms with Gasteiger partial charge in [0.15, 0.2) is 5.62 Å². The number of hydrogen-bond acceptors (Lipinski definition) is 8. The Kier molecular flexibility index (Phi) is 8.29. The van der Waals surface area contributed by atoms with E-state index in [9.17, 15) is 24.5 Å². The Balaban J connectivity index is 2.17. The number of hydrogen-bond donors (Lipinski definition) is 1. The van der Waals surface area contributed by atoms with Gasteiger partial charge in [0.1, 0.15) is 0 Å². The molecule has 1 heterocycles. The maximum atomic E-state index is 12.6. The first kappa shape index (κ1) is 22.8. The van der Waals surface area contributed by atoms with E-state index in [-0.39, 0.29) is 23.6 Å². The average molecular weight is 432 g/mol. The number of nitro benzene ring substituents is 1. The zero-order valence-electron chi connectivity index (χ0n) is 16.1. The SMILES string of the molecule is CN(CCCC(=O)O)C(=O)/C(=C/C1=NN(c2ccc([N+](=O)[O-])cc2)C=CC1)SC=O. The predicted molar refractivity (Wildman–Crippen MR) is 114 cm³/mol. The van der Waals surface area contributed by atoms with Gasteiger partial charge in [-0.2, -0.15) is 5.10 Å². The van der Waals surface area contributed by atoms with Crippen LogP contribution in [0.25, 0.3) is 0 Å². The Morgan fingerprint density at radius 2 is 2.07 bits per heavy atom. The zero-order chi connectivity index (χ0) is 22.1. The predicted octanol–water partition coefficient (Wildman–Crippen LogP) is 2.81. The molecule has 1 aliphatic rings. The Morgan fingerprint density at radius 3 is 2.67 bits per heavy atom. The second-order valence-corrected chi connectivity index (χ2v) is 7.11. The van der Waals surface area contributed by atoms with Gasteiger partial charge in [-0.25, -0.2) is 5.01 Å². The minimum atomic E-state index is -0.941. The molecule has 1 amide bonds. The van der Waals surface area contributed by atoms with Crippen LogP contribution in [0.15, 0.2) is 52.6 Å². The van der Waals surface area contributed by atoms with Gasteiger partial charge in [0.05, 0.1) is 21.2 Å². The van der Waals surface area contributed by atoms with Gasteiger partial charge in [-0.3, -0.25) is 24.5 Å². The molecule has 10 nitrogen and oxygen atoms in total. The van der Waals surface area contributed by atoms with Crippen molar-refractivity contribution in [2.75, 3.05) is 18.6 Å². The number of allylic oxidation sites excluding steroid dienone is 2. The zero-order valence-corrected chi connectivity index (χ0v) is 16.9. The third kappa shape index (κ3) is 6.55. The Bertz CT molecular complexity index is 910. The number of anilines is 1. The van der Waals surface area contributed by atoms with E-state index in [0.29, 0.717) is 29.9 Å². The number of rotatable bonds is 10. The Morgan fingerprint density at radius 1 is 1.37 bits per heavy atom. The number of hydrazone groups is 1. The average Bonchev–Trinajstić information content (AvgIpc) is 2.73. The van der Waals surface area contributed by atoms with Crippen molar-refractivity contribution in [1.82, 2.24) is 4.90 Å². The van der Waals surface area contributed by atoms with Crippen molar-refractivity contribution in [3.8, 4) is 0 Å². The molecule has 1 aromatic rings. The summed E-state index contributed by atoms with van der Waals surface area (Å²) in [6.07, 6.45) is 5.70. The summed E-state index contributed by atoms with van der Waals surface area (Å²) in [5.41, 5.74) is 1.63. The van der Waals surface area contributed by atoms with Crippen LogP contribution in [0, 0.1) is 10.1 Å². The molecule has 30 heavy (non-hydrogen) atoms. The van der Waals surface area contributed by atoms with Crippen molar-refractivity contribution in [2.45, 2.75) is 19.3 Å². The van der Waals surface area contributed by atoms with E-state index in [1.54, 1.807) is 18.3 Å². The number of benzene rings is 1. The highest BCUT2D eigenvalue weighted by molar-refractivity contribution is 8.16. The van der Waals surface area contributed by atoms with E-state index in [1.165, 1.54) is 35.2 Å². The summed E-state index contributed by atoms with van der Waals surface area (Å²) in [5.74, 6) is -1.35. The molecule has 0 aromatic heterocycles. The van der Waals surface area contributed by atoms with Crippen LogP contribution in [-0.2, 0) is 14.4 Å². The molecule has 0 saturated heterocycles. The third-order valence-corrected chi connectivity index (χ3v) is 4.69. The summed E-state index contributed by atoms with van der Waals surface area (Å²) in [4.78, 5) is 46.1. The molecule has 11 heteroatoms. The summed E-state index contributed by atoms with van der Waals surface area (Å²) in [5, 5.41) is 25.4. The molecule has 0 saturated carbocycles. The molecule has 158 valence electrons. The molecule has 0 spiro atoms. The number of carbonyl (C=O) groups is 3.